The minimum atomic E-state index is -0.425. The van der Waals surface area contributed by atoms with E-state index in [2.05, 4.69) is 0 Å². The van der Waals surface area contributed by atoms with Gasteiger partial charge in [-0.15, -0.1) is 11.8 Å². The maximum atomic E-state index is 12.5. The van der Waals surface area contributed by atoms with E-state index in [0.29, 0.717) is 13.2 Å². The van der Waals surface area contributed by atoms with Crippen LogP contribution in [0.2, 0.25) is 0 Å². The zero-order valence-electron chi connectivity index (χ0n) is 13.5. The number of carbonyl (C=O) groups is 1. The van der Waals surface area contributed by atoms with E-state index in [1.807, 2.05) is 30.3 Å². The Bertz CT molecular complexity index is 737. The van der Waals surface area contributed by atoms with Crippen molar-refractivity contribution in [1.82, 2.24) is 4.90 Å². The molecule has 0 spiro atoms. The van der Waals surface area contributed by atoms with Crippen molar-refractivity contribution in [1.29, 1.82) is 0 Å². The highest BCUT2D eigenvalue weighted by atomic mass is 32.2. The topological polar surface area (TPSA) is 72.7 Å². The van der Waals surface area contributed by atoms with E-state index in [4.69, 9.17) is 4.74 Å². The van der Waals surface area contributed by atoms with Gasteiger partial charge in [0, 0.05) is 24.4 Å². The molecule has 0 bridgehead atoms. The number of ether oxygens (including phenoxy) is 1. The summed E-state index contributed by atoms with van der Waals surface area (Å²) in [6, 6.07) is 16.1. The minimum absolute atomic E-state index is 0.0267. The molecule has 1 atom stereocenters. The summed E-state index contributed by atoms with van der Waals surface area (Å²) in [5.74, 6) is 0.774. The van der Waals surface area contributed by atoms with Crippen LogP contribution in [0.5, 0.6) is 0 Å². The molecule has 1 saturated heterocycles. The van der Waals surface area contributed by atoms with Crippen molar-refractivity contribution in [2.45, 2.75) is 12.0 Å². The molecule has 0 radical (unpaired) electrons. The van der Waals surface area contributed by atoms with Gasteiger partial charge < -0.3 is 9.64 Å². The van der Waals surface area contributed by atoms with E-state index in [0.717, 1.165) is 16.9 Å². The van der Waals surface area contributed by atoms with Gasteiger partial charge in [0.2, 0.25) is 5.91 Å². The predicted molar refractivity (Wildman–Crippen MR) is 96.1 cm³/mol. The molecule has 2 aromatic carbocycles. The maximum Gasteiger partial charge on any atom is 0.269 e. The number of nitrogens with zero attached hydrogens (tertiary/aromatic N) is 2. The number of nitro groups is 1. The zero-order valence-corrected chi connectivity index (χ0v) is 14.4. The molecule has 1 aliphatic heterocycles. The number of nitro benzene ring substituents is 1. The van der Waals surface area contributed by atoms with Crippen molar-refractivity contribution in [3.05, 3.63) is 75.8 Å². The van der Waals surface area contributed by atoms with Crippen LogP contribution in [0.3, 0.4) is 0 Å². The quantitative estimate of drug-likeness (QED) is 0.585. The lowest BCUT2D eigenvalue weighted by atomic mass is 10.2. The van der Waals surface area contributed by atoms with Gasteiger partial charge in [-0.05, 0) is 23.3 Å². The van der Waals surface area contributed by atoms with Crippen molar-refractivity contribution in [3.63, 3.8) is 0 Å². The fourth-order valence-corrected chi connectivity index (χ4v) is 3.95. The summed E-state index contributed by atoms with van der Waals surface area (Å²) in [6.45, 7) is 1.08. The van der Waals surface area contributed by atoms with Crippen LogP contribution in [0.25, 0.3) is 0 Å². The molecule has 1 amide bonds. The third kappa shape index (κ3) is 4.37. The highest BCUT2D eigenvalue weighted by molar-refractivity contribution is 7.99. The lowest BCUT2D eigenvalue weighted by molar-refractivity contribution is -0.384. The summed E-state index contributed by atoms with van der Waals surface area (Å²) in [4.78, 5) is 24.6. The Balaban J connectivity index is 1.58. The highest BCUT2D eigenvalue weighted by Crippen LogP contribution is 2.38. The third-order valence-corrected chi connectivity index (χ3v) is 5.20. The van der Waals surface area contributed by atoms with E-state index in [1.165, 1.54) is 12.1 Å². The molecule has 25 heavy (non-hydrogen) atoms. The van der Waals surface area contributed by atoms with Crippen LogP contribution in [0.15, 0.2) is 54.6 Å². The number of rotatable bonds is 6. The van der Waals surface area contributed by atoms with Crippen molar-refractivity contribution in [2.75, 3.05) is 18.9 Å². The Labute approximate surface area is 149 Å². The zero-order chi connectivity index (χ0) is 17.6. The van der Waals surface area contributed by atoms with Crippen LogP contribution >= 0.6 is 11.8 Å². The fourth-order valence-electron chi connectivity index (χ4n) is 2.68. The molecule has 130 valence electrons. The summed E-state index contributed by atoms with van der Waals surface area (Å²) >= 11 is 1.66. The average molecular weight is 358 g/mol. The number of hydrogen-bond acceptors (Lipinski definition) is 5. The second-order valence-electron chi connectivity index (χ2n) is 5.64. The molecular formula is C18H18N2O4S. The summed E-state index contributed by atoms with van der Waals surface area (Å²) in [5.41, 5.74) is 1.97. The normalized spacial score (nSPS) is 16.8. The first kappa shape index (κ1) is 17.4. The van der Waals surface area contributed by atoms with Crippen molar-refractivity contribution in [2.24, 2.45) is 0 Å². The van der Waals surface area contributed by atoms with E-state index in [9.17, 15) is 14.9 Å². The monoisotopic (exact) mass is 358 g/mol. The molecule has 6 nitrogen and oxygen atoms in total. The van der Waals surface area contributed by atoms with Crippen LogP contribution in [0.1, 0.15) is 16.5 Å². The van der Waals surface area contributed by atoms with Crippen molar-refractivity contribution >= 4 is 23.4 Å². The van der Waals surface area contributed by atoms with Crippen molar-refractivity contribution < 1.29 is 14.5 Å². The van der Waals surface area contributed by atoms with Gasteiger partial charge in [-0.2, -0.15) is 0 Å². The smallest absolute Gasteiger partial charge is 0.269 e. The van der Waals surface area contributed by atoms with Crippen molar-refractivity contribution in [3.8, 4) is 0 Å². The van der Waals surface area contributed by atoms with E-state index < -0.39 is 4.92 Å². The maximum absolute atomic E-state index is 12.5. The lowest BCUT2D eigenvalue weighted by Crippen LogP contribution is -2.33. The third-order valence-electron chi connectivity index (χ3n) is 3.94. The summed E-state index contributed by atoms with van der Waals surface area (Å²) < 4.78 is 5.54. The first-order valence-electron chi connectivity index (χ1n) is 7.92. The number of non-ortho nitro benzene ring substituents is 1. The molecule has 0 aromatic heterocycles. The molecule has 0 N–H and O–H groups in total. The Hall–Kier alpha value is -2.38. The SMILES string of the molecule is O=C(COCc1ccccc1)N1CCSC1c1ccc([N+](=O)[O-])cc1. The molecule has 1 heterocycles. The fraction of sp³-hybridized carbons (Fsp3) is 0.278. The number of carbonyl (C=O) groups excluding carboxylic acids is 1. The molecule has 1 fully saturated rings. The second-order valence-corrected chi connectivity index (χ2v) is 6.83. The molecule has 1 unspecified atom stereocenters. The molecule has 3 rings (SSSR count). The Morgan fingerprint density at radius 1 is 1.20 bits per heavy atom. The largest absolute Gasteiger partial charge is 0.367 e. The lowest BCUT2D eigenvalue weighted by Gasteiger charge is -2.24. The van der Waals surface area contributed by atoms with Gasteiger partial charge in [-0.1, -0.05) is 30.3 Å². The van der Waals surface area contributed by atoms with E-state index in [-0.39, 0.29) is 23.6 Å². The molecule has 0 saturated carbocycles. The van der Waals surface area contributed by atoms with Crippen LogP contribution in [-0.4, -0.2) is 34.6 Å². The van der Waals surface area contributed by atoms with Gasteiger partial charge in [0.15, 0.2) is 0 Å². The number of benzene rings is 2. The van der Waals surface area contributed by atoms with E-state index in [1.54, 1.807) is 28.8 Å². The number of amides is 1. The van der Waals surface area contributed by atoms with Gasteiger partial charge in [0.25, 0.3) is 5.69 Å². The van der Waals surface area contributed by atoms with Crippen LogP contribution in [0.4, 0.5) is 5.69 Å². The summed E-state index contributed by atoms with van der Waals surface area (Å²) in [6.07, 6.45) is 0. The Kier molecular flexibility index (Phi) is 5.67. The van der Waals surface area contributed by atoms with Gasteiger partial charge in [0.05, 0.1) is 11.5 Å². The van der Waals surface area contributed by atoms with Gasteiger partial charge in [-0.25, -0.2) is 0 Å². The standard InChI is InChI=1S/C18H18N2O4S/c21-17(13-24-12-14-4-2-1-3-5-14)19-10-11-25-18(19)15-6-8-16(9-7-15)20(22)23/h1-9,18H,10-13H2. The molecule has 2 aromatic rings. The number of hydrogen-bond donors (Lipinski definition) is 0. The molecule has 0 aliphatic carbocycles. The Morgan fingerprint density at radius 3 is 2.60 bits per heavy atom. The van der Waals surface area contributed by atoms with Gasteiger partial charge >= 0.3 is 0 Å². The average Bonchev–Trinajstić information content (AvgIpc) is 3.12. The molecule has 1 aliphatic rings. The number of thioether (sulfide) groups is 1. The van der Waals surface area contributed by atoms with Gasteiger partial charge in [0.1, 0.15) is 12.0 Å². The predicted octanol–water partition coefficient (Wildman–Crippen LogP) is 3.39. The summed E-state index contributed by atoms with van der Waals surface area (Å²) in [5, 5.41) is 10.6. The highest BCUT2D eigenvalue weighted by Gasteiger charge is 2.30. The van der Waals surface area contributed by atoms with Gasteiger partial charge in [-0.3, -0.25) is 14.9 Å². The van der Waals surface area contributed by atoms with E-state index >= 15 is 0 Å². The van der Waals surface area contributed by atoms with Crippen LogP contribution in [0, 0.1) is 10.1 Å². The van der Waals surface area contributed by atoms with Crippen LogP contribution in [-0.2, 0) is 16.1 Å². The first-order valence-corrected chi connectivity index (χ1v) is 8.97. The Morgan fingerprint density at radius 2 is 1.92 bits per heavy atom. The first-order chi connectivity index (χ1) is 12.1. The molecule has 7 heteroatoms. The second kappa shape index (κ2) is 8.13. The molecular weight excluding hydrogens is 340 g/mol. The summed E-state index contributed by atoms with van der Waals surface area (Å²) in [7, 11) is 0. The minimum Gasteiger partial charge on any atom is -0.367 e. The van der Waals surface area contributed by atoms with Crippen LogP contribution < -0.4 is 0 Å².